The monoisotopic (exact) mass is 227 g/mol. The van der Waals surface area contributed by atoms with E-state index in [1.54, 1.807) is 12.1 Å². The van der Waals surface area contributed by atoms with Gasteiger partial charge >= 0.3 is 10.2 Å². The number of rotatable bonds is 1. The molecule has 0 spiro atoms. The van der Waals surface area contributed by atoms with E-state index in [0.29, 0.717) is 24.5 Å². The van der Waals surface area contributed by atoms with Gasteiger partial charge in [0.25, 0.3) is 0 Å². The first-order valence-electron chi connectivity index (χ1n) is 4.64. The van der Waals surface area contributed by atoms with E-state index < -0.39 is 10.2 Å². The van der Waals surface area contributed by atoms with E-state index in [0.717, 1.165) is 5.56 Å². The molecule has 3 N–H and O–H groups in total. The zero-order valence-corrected chi connectivity index (χ0v) is 9.21. The van der Waals surface area contributed by atoms with Gasteiger partial charge < -0.3 is 5.73 Å². The topological polar surface area (TPSA) is 75.4 Å². The molecule has 1 aliphatic heterocycles. The average Bonchev–Trinajstić information content (AvgIpc) is 2.50. The van der Waals surface area contributed by atoms with Crippen LogP contribution in [0.1, 0.15) is 5.56 Å². The van der Waals surface area contributed by atoms with Gasteiger partial charge in [0, 0.05) is 18.8 Å². The minimum atomic E-state index is -3.35. The third-order valence-corrected chi connectivity index (χ3v) is 3.92. The molecule has 0 aromatic heterocycles. The van der Waals surface area contributed by atoms with Crippen molar-refractivity contribution in [2.24, 2.45) is 0 Å². The zero-order valence-electron chi connectivity index (χ0n) is 8.40. The van der Waals surface area contributed by atoms with E-state index in [4.69, 9.17) is 5.73 Å². The Labute approximate surface area is 89.1 Å². The fourth-order valence-electron chi connectivity index (χ4n) is 1.62. The van der Waals surface area contributed by atoms with Crippen LogP contribution in [0.2, 0.25) is 0 Å². The standard InChI is InChI=1S/C9H13N3O2S/c1-7-2-3-8(10)6-9(7)12-5-4-11-15(12,13)14/h2-3,6,11H,4-5,10H2,1H3. The third kappa shape index (κ3) is 1.78. The SMILES string of the molecule is Cc1ccc(N)cc1N1CCNS1(=O)=O. The van der Waals surface area contributed by atoms with Crippen molar-refractivity contribution < 1.29 is 8.42 Å². The Kier molecular flexibility index (Phi) is 2.32. The molecule has 2 rings (SSSR count). The van der Waals surface area contributed by atoms with E-state index in [9.17, 15) is 8.42 Å². The van der Waals surface area contributed by atoms with Crippen LogP contribution in [0.5, 0.6) is 0 Å². The predicted molar refractivity (Wildman–Crippen MR) is 59.9 cm³/mol. The zero-order chi connectivity index (χ0) is 11.1. The first kappa shape index (κ1) is 10.3. The van der Waals surface area contributed by atoms with Crippen LogP contribution in [0.15, 0.2) is 18.2 Å². The van der Waals surface area contributed by atoms with Crippen LogP contribution >= 0.6 is 0 Å². The van der Waals surface area contributed by atoms with Crippen LogP contribution in [-0.2, 0) is 10.2 Å². The quantitative estimate of drug-likeness (QED) is 0.674. The Bertz CT molecular complexity index is 484. The number of hydrogen-bond donors (Lipinski definition) is 2. The van der Waals surface area contributed by atoms with Crippen molar-refractivity contribution in [1.29, 1.82) is 0 Å². The van der Waals surface area contributed by atoms with Gasteiger partial charge in [-0.3, -0.25) is 4.31 Å². The number of hydrogen-bond acceptors (Lipinski definition) is 3. The smallest absolute Gasteiger partial charge is 0.301 e. The van der Waals surface area contributed by atoms with Crippen LogP contribution in [0.3, 0.4) is 0 Å². The lowest BCUT2D eigenvalue weighted by atomic mass is 10.2. The lowest BCUT2D eigenvalue weighted by molar-refractivity contribution is 0.591. The molecule has 0 radical (unpaired) electrons. The molecule has 6 heteroatoms. The van der Waals surface area contributed by atoms with Crippen molar-refractivity contribution >= 4 is 21.6 Å². The Morgan fingerprint density at radius 1 is 1.47 bits per heavy atom. The molecule has 5 nitrogen and oxygen atoms in total. The van der Waals surface area contributed by atoms with Gasteiger partial charge in [0.15, 0.2) is 0 Å². The summed E-state index contributed by atoms with van der Waals surface area (Å²) >= 11 is 0. The highest BCUT2D eigenvalue weighted by Crippen LogP contribution is 2.26. The summed E-state index contributed by atoms with van der Waals surface area (Å²) in [6.07, 6.45) is 0. The third-order valence-electron chi connectivity index (χ3n) is 2.39. The van der Waals surface area contributed by atoms with Crippen LogP contribution < -0.4 is 14.8 Å². The molecule has 1 saturated heterocycles. The number of nitrogens with one attached hydrogen (secondary N) is 1. The Morgan fingerprint density at radius 2 is 2.20 bits per heavy atom. The largest absolute Gasteiger partial charge is 0.399 e. The number of nitrogen functional groups attached to an aromatic ring is 1. The molecular weight excluding hydrogens is 214 g/mol. The molecule has 1 fully saturated rings. The summed E-state index contributed by atoms with van der Waals surface area (Å²) in [6, 6.07) is 5.26. The second kappa shape index (κ2) is 3.39. The minimum Gasteiger partial charge on any atom is -0.399 e. The molecule has 1 heterocycles. The molecular formula is C9H13N3O2S. The van der Waals surface area contributed by atoms with Crippen molar-refractivity contribution in [3.63, 3.8) is 0 Å². The van der Waals surface area contributed by atoms with Crippen molar-refractivity contribution in [3.05, 3.63) is 23.8 Å². The summed E-state index contributed by atoms with van der Waals surface area (Å²) in [5.74, 6) is 0. The van der Waals surface area contributed by atoms with Gasteiger partial charge in [-0.15, -0.1) is 0 Å². The molecule has 0 unspecified atom stereocenters. The van der Waals surface area contributed by atoms with Crippen molar-refractivity contribution in [2.45, 2.75) is 6.92 Å². The number of nitrogens with zero attached hydrogens (tertiary/aromatic N) is 1. The van der Waals surface area contributed by atoms with Gasteiger partial charge in [-0.1, -0.05) is 6.07 Å². The van der Waals surface area contributed by atoms with Gasteiger partial charge in [-0.25, -0.2) is 0 Å². The summed E-state index contributed by atoms with van der Waals surface area (Å²) in [7, 11) is -3.35. The predicted octanol–water partition coefficient (Wildman–Crippen LogP) is 0.232. The number of nitrogens with two attached hydrogens (primary N) is 1. The van der Waals surface area contributed by atoms with E-state index in [1.807, 2.05) is 13.0 Å². The molecule has 82 valence electrons. The van der Waals surface area contributed by atoms with Gasteiger partial charge in [0.05, 0.1) is 5.69 Å². The fourth-order valence-corrected chi connectivity index (χ4v) is 2.91. The molecule has 0 bridgehead atoms. The van der Waals surface area contributed by atoms with E-state index in [-0.39, 0.29) is 0 Å². The van der Waals surface area contributed by atoms with E-state index in [2.05, 4.69) is 4.72 Å². The highest BCUT2D eigenvalue weighted by molar-refractivity contribution is 7.91. The minimum absolute atomic E-state index is 0.441. The summed E-state index contributed by atoms with van der Waals surface area (Å²) in [5.41, 5.74) is 7.76. The van der Waals surface area contributed by atoms with Crippen molar-refractivity contribution in [1.82, 2.24) is 4.72 Å². The maximum Gasteiger partial charge on any atom is 0.301 e. The van der Waals surface area contributed by atoms with Crippen molar-refractivity contribution in [2.75, 3.05) is 23.1 Å². The Balaban J connectivity index is 2.50. The maximum absolute atomic E-state index is 11.6. The van der Waals surface area contributed by atoms with Gasteiger partial charge in [0.1, 0.15) is 0 Å². The molecule has 0 aliphatic carbocycles. The highest BCUT2D eigenvalue weighted by atomic mass is 32.2. The molecule has 0 amide bonds. The highest BCUT2D eigenvalue weighted by Gasteiger charge is 2.28. The normalized spacial score (nSPS) is 19.4. The summed E-state index contributed by atoms with van der Waals surface area (Å²) < 4.78 is 27.0. The average molecular weight is 227 g/mol. The first-order valence-corrected chi connectivity index (χ1v) is 6.08. The first-order chi connectivity index (χ1) is 7.00. The Morgan fingerprint density at radius 3 is 2.80 bits per heavy atom. The second-order valence-corrected chi connectivity index (χ2v) is 5.20. The molecule has 1 aromatic rings. The van der Waals surface area contributed by atoms with Crippen molar-refractivity contribution in [3.8, 4) is 0 Å². The number of aryl methyl sites for hydroxylation is 1. The molecule has 1 aromatic carbocycles. The van der Waals surface area contributed by atoms with Crippen LogP contribution in [0, 0.1) is 6.92 Å². The lowest BCUT2D eigenvalue weighted by Gasteiger charge is -2.18. The molecule has 1 aliphatic rings. The fraction of sp³-hybridized carbons (Fsp3) is 0.333. The second-order valence-electron chi connectivity index (χ2n) is 3.52. The lowest BCUT2D eigenvalue weighted by Crippen LogP contribution is -2.29. The van der Waals surface area contributed by atoms with Gasteiger partial charge in [-0.2, -0.15) is 13.1 Å². The summed E-state index contributed by atoms with van der Waals surface area (Å²) in [5, 5.41) is 0. The van der Waals surface area contributed by atoms with Crippen LogP contribution in [0.4, 0.5) is 11.4 Å². The molecule has 0 saturated carbocycles. The number of anilines is 2. The Hall–Kier alpha value is -1.27. The summed E-state index contributed by atoms with van der Waals surface area (Å²) in [6.45, 7) is 2.76. The van der Waals surface area contributed by atoms with E-state index >= 15 is 0 Å². The van der Waals surface area contributed by atoms with Gasteiger partial charge in [-0.05, 0) is 24.6 Å². The van der Waals surface area contributed by atoms with Gasteiger partial charge in [0.2, 0.25) is 0 Å². The maximum atomic E-state index is 11.6. The number of benzene rings is 1. The summed E-state index contributed by atoms with van der Waals surface area (Å²) in [4.78, 5) is 0. The van der Waals surface area contributed by atoms with E-state index in [1.165, 1.54) is 4.31 Å². The molecule has 0 atom stereocenters. The molecule has 15 heavy (non-hydrogen) atoms. The van der Waals surface area contributed by atoms with Crippen LogP contribution in [0.25, 0.3) is 0 Å². The van der Waals surface area contributed by atoms with Crippen LogP contribution in [-0.4, -0.2) is 21.5 Å².